The van der Waals surface area contributed by atoms with Gasteiger partial charge in [0.2, 0.25) is 6.41 Å². The van der Waals surface area contributed by atoms with Crippen LogP contribution in [0.2, 0.25) is 0 Å². The van der Waals surface area contributed by atoms with E-state index < -0.39 is 0 Å². The van der Waals surface area contributed by atoms with Crippen molar-refractivity contribution in [1.29, 1.82) is 0 Å². The molecule has 0 spiro atoms. The molecule has 0 saturated carbocycles. The maximum absolute atomic E-state index is 10.5. The number of hydrogen-bond acceptors (Lipinski definition) is 3. The number of nitrogens with one attached hydrogen (secondary N) is 2. The van der Waals surface area contributed by atoms with Gasteiger partial charge in [-0.15, -0.1) is 9.73 Å². The van der Waals surface area contributed by atoms with Gasteiger partial charge in [0.1, 0.15) is 0 Å². The van der Waals surface area contributed by atoms with Gasteiger partial charge in [-0.2, -0.15) is 5.10 Å². The van der Waals surface area contributed by atoms with Crippen molar-refractivity contribution in [2.75, 3.05) is 5.32 Å². The van der Waals surface area contributed by atoms with Gasteiger partial charge in [0.25, 0.3) is 0 Å². The van der Waals surface area contributed by atoms with Crippen molar-refractivity contribution in [3.8, 4) is 11.4 Å². The molecule has 21 heavy (non-hydrogen) atoms. The average Bonchev–Trinajstić information content (AvgIpc) is 3.04. The van der Waals surface area contributed by atoms with Crippen molar-refractivity contribution in [2.45, 2.75) is 26.2 Å². The van der Waals surface area contributed by atoms with E-state index in [1.165, 1.54) is 0 Å². The Hall–Kier alpha value is -2.63. The average molecular weight is 283 g/mol. The molecular formula is C15H17N5O. The number of carbonyl (C=O) groups is 1. The first kappa shape index (κ1) is 13.4. The molecule has 0 radical (unpaired) electrons. The Balaban J connectivity index is 1.88. The monoisotopic (exact) mass is 283 g/mol. The Morgan fingerprint density at radius 2 is 2.24 bits per heavy atom. The van der Waals surface area contributed by atoms with Crippen LogP contribution in [0, 0.1) is 0 Å². The molecule has 2 heterocycles. The van der Waals surface area contributed by atoms with Crippen molar-refractivity contribution in [1.82, 2.24) is 19.8 Å². The number of nitrogens with zero attached hydrogens (tertiary/aromatic N) is 3. The first-order valence-corrected chi connectivity index (χ1v) is 7.05. The van der Waals surface area contributed by atoms with Crippen LogP contribution in [-0.2, 0) is 11.2 Å². The summed E-state index contributed by atoms with van der Waals surface area (Å²) in [5, 5.41) is 11.5. The third-order valence-corrected chi connectivity index (χ3v) is 3.33. The summed E-state index contributed by atoms with van der Waals surface area (Å²) in [6.45, 7) is 2.17. The number of carbonyl (C=O) groups excluding carboxylic acids is 1. The van der Waals surface area contributed by atoms with Gasteiger partial charge in [0.05, 0.1) is 5.69 Å². The fraction of sp³-hybridized carbons (Fsp3) is 0.267. The minimum atomic E-state index is 0.661. The summed E-state index contributed by atoms with van der Waals surface area (Å²) in [5.41, 5.74) is 3.58. The number of aromatic nitrogens is 4. The summed E-state index contributed by atoms with van der Waals surface area (Å²) in [5.74, 6) is 0.731. The number of hydrogen-bond donors (Lipinski definition) is 2. The zero-order chi connectivity index (χ0) is 14.7. The fourth-order valence-electron chi connectivity index (χ4n) is 2.26. The smallest absolute Gasteiger partial charge is 0.211 e. The van der Waals surface area contributed by atoms with Crippen LogP contribution in [0.15, 0.2) is 30.3 Å². The topological polar surface area (TPSA) is 75.1 Å². The molecule has 3 rings (SSSR count). The molecule has 0 saturated heterocycles. The minimum absolute atomic E-state index is 0.661. The Labute approximate surface area is 122 Å². The lowest BCUT2D eigenvalue weighted by Gasteiger charge is -2.00. The Morgan fingerprint density at radius 3 is 3.00 bits per heavy atom. The predicted octanol–water partition coefficient (Wildman–Crippen LogP) is 2.64. The number of fused-ring (bicyclic) bond motifs is 1. The number of anilines is 1. The standard InChI is InChI=1S/C15H17N5O/c1-2-3-6-13-9-14-17-15(19-20(14)18-13)11-5-4-7-12(8-11)16-10-21/h4-5,7-10H,2-3,6H2,1H3,(H,16,21)(H,17,19). The molecule has 1 aromatic carbocycles. The fourth-order valence-corrected chi connectivity index (χ4v) is 2.26. The van der Waals surface area contributed by atoms with E-state index in [0.29, 0.717) is 6.41 Å². The summed E-state index contributed by atoms with van der Waals surface area (Å²) >= 11 is 0. The highest BCUT2D eigenvalue weighted by Gasteiger charge is 2.09. The molecule has 0 fully saturated rings. The van der Waals surface area contributed by atoms with E-state index in [1.54, 1.807) is 4.63 Å². The van der Waals surface area contributed by atoms with Crippen molar-refractivity contribution in [3.63, 3.8) is 0 Å². The van der Waals surface area contributed by atoms with E-state index in [1.807, 2.05) is 30.3 Å². The summed E-state index contributed by atoms with van der Waals surface area (Å²) in [6.07, 6.45) is 3.92. The number of aryl methyl sites for hydroxylation is 1. The summed E-state index contributed by atoms with van der Waals surface area (Å²) < 4.78 is 1.63. The molecule has 6 heteroatoms. The second kappa shape index (κ2) is 5.78. The molecule has 0 aliphatic heterocycles. The molecule has 108 valence electrons. The van der Waals surface area contributed by atoms with E-state index in [2.05, 4.69) is 27.4 Å². The zero-order valence-corrected chi connectivity index (χ0v) is 11.8. The number of unbranched alkanes of at least 4 members (excludes halogenated alkanes) is 1. The molecular weight excluding hydrogens is 266 g/mol. The van der Waals surface area contributed by atoms with Gasteiger partial charge < -0.3 is 10.3 Å². The largest absolute Gasteiger partial charge is 0.329 e. The normalized spacial score (nSPS) is 10.9. The first-order chi connectivity index (χ1) is 10.3. The van der Waals surface area contributed by atoms with Gasteiger partial charge in [-0.3, -0.25) is 4.79 Å². The SMILES string of the molecule is CCCCc1cc2[nH]c(-c3cccc(NC=O)c3)nn2n1. The lowest BCUT2D eigenvalue weighted by atomic mass is 10.2. The Kier molecular flexibility index (Phi) is 3.68. The molecule has 3 aromatic rings. The van der Waals surface area contributed by atoms with Gasteiger partial charge >= 0.3 is 0 Å². The highest BCUT2D eigenvalue weighted by Crippen LogP contribution is 2.20. The maximum atomic E-state index is 10.5. The Bertz CT molecular complexity index is 727. The second-order valence-electron chi connectivity index (χ2n) is 4.93. The summed E-state index contributed by atoms with van der Waals surface area (Å²) in [4.78, 5) is 13.7. The molecule has 0 aliphatic carbocycles. The highest BCUT2D eigenvalue weighted by molar-refractivity contribution is 5.74. The van der Waals surface area contributed by atoms with Crippen LogP contribution in [0.4, 0.5) is 5.69 Å². The van der Waals surface area contributed by atoms with Crippen LogP contribution in [-0.4, -0.2) is 26.2 Å². The highest BCUT2D eigenvalue weighted by atomic mass is 16.1. The Morgan fingerprint density at radius 1 is 1.33 bits per heavy atom. The van der Waals surface area contributed by atoms with Crippen LogP contribution in [0.25, 0.3) is 17.0 Å². The molecule has 6 nitrogen and oxygen atoms in total. The van der Waals surface area contributed by atoms with E-state index in [9.17, 15) is 4.79 Å². The number of H-pyrrole nitrogens is 1. The van der Waals surface area contributed by atoms with Gasteiger partial charge in [-0.25, -0.2) is 0 Å². The summed E-state index contributed by atoms with van der Waals surface area (Å²) in [7, 11) is 0. The van der Waals surface area contributed by atoms with Crippen LogP contribution in [0.5, 0.6) is 0 Å². The van der Waals surface area contributed by atoms with E-state index in [0.717, 1.165) is 47.7 Å². The van der Waals surface area contributed by atoms with Crippen LogP contribution < -0.4 is 5.32 Å². The van der Waals surface area contributed by atoms with E-state index >= 15 is 0 Å². The third-order valence-electron chi connectivity index (χ3n) is 3.33. The summed E-state index contributed by atoms with van der Waals surface area (Å²) in [6, 6.07) is 9.53. The molecule has 0 atom stereocenters. The lowest BCUT2D eigenvalue weighted by Crippen LogP contribution is -1.94. The van der Waals surface area contributed by atoms with Crippen LogP contribution in [0.3, 0.4) is 0 Å². The molecule has 2 aromatic heterocycles. The van der Waals surface area contributed by atoms with Gasteiger partial charge in [0, 0.05) is 17.3 Å². The molecule has 0 aliphatic rings. The molecule has 1 amide bonds. The molecule has 0 bridgehead atoms. The van der Waals surface area contributed by atoms with Crippen molar-refractivity contribution in [3.05, 3.63) is 36.0 Å². The third kappa shape index (κ3) is 2.79. The maximum Gasteiger partial charge on any atom is 0.211 e. The second-order valence-corrected chi connectivity index (χ2v) is 4.93. The first-order valence-electron chi connectivity index (χ1n) is 7.05. The predicted molar refractivity (Wildman–Crippen MR) is 81.1 cm³/mol. The number of aromatic amines is 1. The molecule has 2 N–H and O–H groups in total. The van der Waals surface area contributed by atoms with Crippen molar-refractivity contribution >= 4 is 17.7 Å². The van der Waals surface area contributed by atoms with Gasteiger partial charge in [0.15, 0.2) is 11.5 Å². The van der Waals surface area contributed by atoms with Crippen molar-refractivity contribution in [2.24, 2.45) is 0 Å². The quantitative estimate of drug-likeness (QED) is 0.683. The number of rotatable bonds is 6. The minimum Gasteiger partial charge on any atom is -0.329 e. The van der Waals surface area contributed by atoms with Gasteiger partial charge in [-0.1, -0.05) is 25.5 Å². The van der Waals surface area contributed by atoms with Crippen molar-refractivity contribution < 1.29 is 4.79 Å². The van der Waals surface area contributed by atoms with Crippen LogP contribution in [0.1, 0.15) is 25.5 Å². The molecule has 0 unspecified atom stereocenters. The number of amides is 1. The van der Waals surface area contributed by atoms with Gasteiger partial charge in [-0.05, 0) is 25.0 Å². The van der Waals surface area contributed by atoms with E-state index in [-0.39, 0.29) is 0 Å². The number of benzene rings is 1. The zero-order valence-electron chi connectivity index (χ0n) is 11.8. The van der Waals surface area contributed by atoms with Crippen LogP contribution >= 0.6 is 0 Å². The van der Waals surface area contributed by atoms with E-state index in [4.69, 9.17) is 0 Å². The lowest BCUT2D eigenvalue weighted by molar-refractivity contribution is -0.105.